The van der Waals surface area contributed by atoms with Gasteiger partial charge in [-0.1, -0.05) is 0 Å². The first-order valence-electron chi connectivity index (χ1n) is 11.1. The van der Waals surface area contributed by atoms with Crippen LogP contribution in [0.25, 0.3) is 11.4 Å². The maximum atomic E-state index is 5.46. The van der Waals surface area contributed by atoms with E-state index in [2.05, 4.69) is 49.6 Å². The van der Waals surface area contributed by atoms with E-state index < -0.39 is 0 Å². The lowest BCUT2D eigenvalue weighted by Crippen LogP contribution is -2.47. The van der Waals surface area contributed by atoms with Gasteiger partial charge in [0.15, 0.2) is 5.82 Å². The summed E-state index contributed by atoms with van der Waals surface area (Å²) in [5.41, 5.74) is 3.13. The van der Waals surface area contributed by atoms with Gasteiger partial charge in [-0.15, -0.1) is 0 Å². The lowest BCUT2D eigenvalue weighted by Gasteiger charge is -2.37. The average Bonchev–Trinajstić information content (AvgIpc) is 2.87. The minimum Gasteiger partial charge on any atom is -0.378 e. The van der Waals surface area contributed by atoms with Gasteiger partial charge in [-0.2, -0.15) is 0 Å². The monoisotopic (exact) mass is 432 g/mol. The zero-order chi connectivity index (χ0) is 21.9. The minimum atomic E-state index is 0.747. The molecular weight excluding hydrogens is 404 g/mol. The van der Waals surface area contributed by atoms with Gasteiger partial charge in [0.25, 0.3) is 0 Å². The van der Waals surface area contributed by atoms with Crippen LogP contribution in [-0.4, -0.2) is 77.4 Å². The maximum Gasteiger partial charge on any atom is 0.161 e. The molecule has 9 nitrogen and oxygen atoms in total. The van der Waals surface area contributed by atoms with Gasteiger partial charge in [-0.3, -0.25) is 4.98 Å². The largest absolute Gasteiger partial charge is 0.378 e. The topological polar surface area (TPSA) is 83.4 Å². The number of hydrogen-bond donors (Lipinski definition) is 0. The molecule has 0 N–H and O–H groups in total. The van der Waals surface area contributed by atoms with Crippen molar-refractivity contribution in [1.29, 1.82) is 0 Å². The summed E-state index contributed by atoms with van der Waals surface area (Å²) in [7, 11) is 0. The molecule has 2 aliphatic rings. The Morgan fingerprint density at radius 2 is 1.41 bits per heavy atom. The fraction of sp³-hybridized carbons (Fsp3) is 0.435. The molecule has 0 aromatic carbocycles. The number of anilines is 3. The summed E-state index contributed by atoms with van der Waals surface area (Å²) in [6.07, 6.45) is 5.23. The first-order chi connectivity index (χ1) is 15.7. The summed E-state index contributed by atoms with van der Waals surface area (Å²) >= 11 is 0. The van der Waals surface area contributed by atoms with E-state index >= 15 is 0 Å². The van der Waals surface area contributed by atoms with Gasteiger partial charge in [-0.25, -0.2) is 19.9 Å². The third kappa shape index (κ3) is 4.20. The first-order valence-corrected chi connectivity index (χ1v) is 11.1. The van der Waals surface area contributed by atoms with Crippen molar-refractivity contribution in [3.8, 4) is 11.4 Å². The number of aryl methyl sites for hydroxylation is 1. The predicted octanol–water partition coefficient (Wildman–Crippen LogP) is 2.11. The summed E-state index contributed by atoms with van der Waals surface area (Å²) in [5.74, 6) is 3.72. The van der Waals surface area contributed by atoms with Crippen LogP contribution in [0.3, 0.4) is 0 Å². The Morgan fingerprint density at radius 3 is 2.09 bits per heavy atom. The Labute approximate surface area is 188 Å². The molecule has 2 fully saturated rings. The van der Waals surface area contributed by atoms with Crippen LogP contribution in [0.2, 0.25) is 0 Å². The summed E-state index contributed by atoms with van der Waals surface area (Å²) in [6.45, 7) is 10.9. The predicted molar refractivity (Wildman–Crippen MR) is 124 cm³/mol. The first kappa shape index (κ1) is 20.6. The fourth-order valence-corrected chi connectivity index (χ4v) is 4.17. The molecule has 0 amide bonds. The maximum absolute atomic E-state index is 5.46. The Bertz CT molecular complexity index is 1060. The van der Waals surface area contributed by atoms with Crippen molar-refractivity contribution in [2.24, 2.45) is 0 Å². The van der Waals surface area contributed by atoms with Crippen LogP contribution in [0.1, 0.15) is 11.3 Å². The summed E-state index contributed by atoms with van der Waals surface area (Å²) in [6, 6.07) is 6.00. The highest BCUT2D eigenvalue weighted by Crippen LogP contribution is 2.26. The SMILES string of the molecule is Cc1nc(-c2ccncc2)nc(N2CCN(c3cc(N4CCOCC4)ncn3)CC2)c1C. The highest BCUT2D eigenvalue weighted by atomic mass is 16.5. The van der Waals surface area contributed by atoms with E-state index in [9.17, 15) is 0 Å². The van der Waals surface area contributed by atoms with E-state index in [1.807, 2.05) is 12.1 Å². The quantitative estimate of drug-likeness (QED) is 0.615. The van der Waals surface area contributed by atoms with Crippen molar-refractivity contribution in [1.82, 2.24) is 24.9 Å². The number of morpholine rings is 1. The molecule has 2 saturated heterocycles. The van der Waals surface area contributed by atoms with Crippen molar-refractivity contribution in [3.05, 3.63) is 48.2 Å². The molecule has 3 aromatic rings. The average molecular weight is 433 g/mol. The van der Waals surface area contributed by atoms with E-state index in [-0.39, 0.29) is 0 Å². The zero-order valence-corrected chi connectivity index (χ0v) is 18.6. The molecule has 0 spiro atoms. The van der Waals surface area contributed by atoms with Crippen LogP contribution in [0.15, 0.2) is 36.9 Å². The van der Waals surface area contributed by atoms with Gasteiger partial charge in [-0.05, 0) is 26.0 Å². The minimum absolute atomic E-state index is 0.747. The standard InChI is InChI=1S/C23H28N8O/c1-17-18(2)27-22(19-3-5-24-6-4-19)28-23(17)31-9-7-29(8-10-31)20-15-21(26-16-25-20)30-11-13-32-14-12-30/h3-6,15-16H,7-14H2,1-2H3. The van der Waals surface area contributed by atoms with E-state index in [0.717, 1.165) is 92.6 Å². The molecular formula is C23H28N8O. The second-order valence-electron chi connectivity index (χ2n) is 8.13. The normalized spacial score (nSPS) is 17.0. The zero-order valence-electron chi connectivity index (χ0n) is 18.6. The van der Waals surface area contributed by atoms with E-state index in [0.29, 0.717) is 0 Å². The smallest absolute Gasteiger partial charge is 0.161 e. The van der Waals surface area contributed by atoms with Crippen molar-refractivity contribution in [2.75, 3.05) is 67.2 Å². The molecule has 5 rings (SSSR count). The van der Waals surface area contributed by atoms with Gasteiger partial charge in [0.05, 0.1) is 13.2 Å². The van der Waals surface area contributed by atoms with E-state index in [4.69, 9.17) is 14.7 Å². The van der Waals surface area contributed by atoms with E-state index in [1.165, 1.54) is 0 Å². The molecule has 0 radical (unpaired) electrons. The molecule has 0 bridgehead atoms. The summed E-state index contributed by atoms with van der Waals surface area (Å²) in [4.78, 5) is 29.7. The van der Waals surface area contributed by atoms with Crippen molar-refractivity contribution >= 4 is 17.5 Å². The molecule has 166 valence electrons. The van der Waals surface area contributed by atoms with Crippen LogP contribution in [0, 0.1) is 13.8 Å². The number of nitrogens with zero attached hydrogens (tertiary/aromatic N) is 8. The molecule has 0 unspecified atom stereocenters. The highest BCUT2D eigenvalue weighted by molar-refractivity contribution is 5.60. The van der Waals surface area contributed by atoms with Gasteiger partial charge in [0.1, 0.15) is 23.8 Å². The summed E-state index contributed by atoms with van der Waals surface area (Å²) < 4.78 is 5.46. The second-order valence-corrected chi connectivity index (χ2v) is 8.13. The van der Waals surface area contributed by atoms with Crippen LogP contribution in [0.5, 0.6) is 0 Å². The van der Waals surface area contributed by atoms with Crippen LogP contribution in [0.4, 0.5) is 17.5 Å². The van der Waals surface area contributed by atoms with Crippen molar-refractivity contribution in [2.45, 2.75) is 13.8 Å². The summed E-state index contributed by atoms with van der Waals surface area (Å²) in [5, 5.41) is 0. The number of aromatic nitrogens is 5. The molecule has 0 saturated carbocycles. The Kier molecular flexibility index (Phi) is 5.81. The Hall–Kier alpha value is -3.33. The number of ether oxygens (including phenoxy) is 1. The molecule has 3 aromatic heterocycles. The van der Waals surface area contributed by atoms with Crippen LogP contribution < -0.4 is 14.7 Å². The van der Waals surface area contributed by atoms with Crippen molar-refractivity contribution < 1.29 is 4.74 Å². The molecule has 0 atom stereocenters. The lowest BCUT2D eigenvalue weighted by atomic mass is 10.2. The van der Waals surface area contributed by atoms with Gasteiger partial charge >= 0.3 is 0 Å². The van der Waals surface area contributed by atoms with Gasteiger partial charge in [0.2, 0.25) is 0 Å². The number of pyridine rings is 1. The molecule has 9 heteroatoms. The van der Waals surface area contributed by atoms with Gasteiger partial charge < -0.3 is 19.4 Å². The number of hydrogen-bond acceptors (Lipinski definition) is 9. The Balaban J connectivity index is 1.31. The van der Waals surface area contributed by atoms with E-state index in [1.54, 1.807) is 18.7 Å². The Morgan fingerprint density at radius 1 is 0.781 bits per heavy atom. The third-order valence-electron chi connectivity index (χ3n) is 6.18. The fourth-order valence-electron chi connectivity index (χ4n) is 4.17. The lowest BCUT2D eigenvalue weighted by molar-refractivity contribution is 0.122. The van der Waals surface area contributed by atoms with Crippen LogP contribution in [-0.2, 0) is 4.74 Å². The van der Waals surface area contributed by atoms with Gasteiger partial charge in [0, 0.05) is 74.5 Å². The van der Waals surface area contributed by atoms with Crippen LogP contribution >= 0.6 is 0 Å². The molecule has 2 aliphatic heterocycles. The highest BCUT2D eigenvalue weighted by Gasteiger charge is 2.23. The van der Waals surface area contributed by atoms with Crippen molar-refractivity contribution in [3.63, 3.8) is 0 Å². The second kappa shape index (κ2) is 9.04. The number of piperazine rings is 1. The number of rotatable bonds is 4. The molecule has 5 heterocycles. The third-order valence-corrected chi connectivity index (χ3v) is 6.18. The molecule has 32 heavy (non-hydrogen) atoms. The molecule has 0 aliphatic carbocycles.